The summed E-state index contributed by atoms with van der Waals surface area (Å²) >= 11 is 5.82. The second-order valence-electron chi connectivity index (χ2n) is 2.51. The molecule has 0 aromatic heterocycles. The zero-order valence-corrected chi connectivity index (χ0v) is 7.15. The van der Waals surface area contributed by atoms with Gasteiger partial charge in [0.25, 0.3) is 0 Å². The lowest BCUT2D eigenvalue weighted by Crippen LogP contribution is -1.99. The van der Waals surface area contributed by atoms with Crippen LogP contribution in [0.5, 0.6) is 0 Å². The summed E-state index contributed by atoms with van der Waals surface area (Å²) in [5, 5.41) is 0.588. The van der Waals surface area contributed by atoms with Crippen molar-refractivity contribution in [2.75, 3.05) is 5.73 Å². The van der Waals surface area contributed by atoms with Crippen molar-refractivity contribution < 1.29 is 0 Å². The van der Waals surface area contributed by atoms with E-state index >= 15 is 0 Å². The molecule has 3 heteroatoms. The zero-order chi connectivity index (χ0) is 8.43. The molecule has 0 bridgehead atoms. The lowest BCUT2D eigenvalue weighted by atomic mass is 10.1. The van der Waals surface area contributed by atoms with Crippen LogP contribution in [0.4, 0.5) is 5.69 Å². The van der Waals surface area contributed by atoms with Crippen molar-refractivity contribution in [2.45, 2.75) is 13.5 Å². The normalized spacial score (nSPS) is 10.1. The molecule has 0 aliphatic rings. The Bertz CT molecular complexity index is 248. The molecule has 0 fully saturated rings. The Kier molecular flexibility index (Phi) is 2.37. The van der Waals surface area contributed by atoms with Gasteiger partial charge in [-0.1, -0.05) is 17.7 Å². The fourth-order valence-electron chi connectivity index (χ4n) is 0.944. The summed E-state index contributed by atoms with van der Waals surface area (Å²) in [6, 6.07) is 3.74. The van der Waals surface area contributed by atoms with Crippen LogP contribution in [0.15, 0.2) is 12.1 Å². The predicted molar refractivity (Wildman–Crippen MR) is 48.5 cm³/mol. The van der Waals surface area contributed by atoms with E-state index in [-0.39, 0.29) is 0 Å². The van der Waals surface area contributed by atoms with Gasteiger partial charge in [-0.2, -0.15) is 0 Å². The van der Waals surface area contributed by atoms with Gasteiger partial charge in [-0.15, -0.1) is 0 Å². The van der Waals surface area contributed by atoms with Crippen LogP contribution < -0.4 is 11.5 Å². The third kappa shape index (κ3) is 1.64. The number of rotatable bonds is 1. The lowest BCUT2D eigenvalue weighted by molar-refractivity contribution is 1.07. The summed E-state index contributed by atoms with van der Waals surface area (Å²) in [5.74, 6) is 0. The molecule has 0 aliphatic carbocycles. The number of hydrogen-bond acceptors (Lipinski definition) is 2. The number of halogens is 1. The van der Waals surface area contributed by atoms with Crippen LogP contribution >= 0.6 is 11.6 Å². The molecule has 60 valence electrons. The van der Waals surface area contributed by atoms with Gasteiger partial charge in [0.15, 0.2) is 0 Å². The van der Waals surface area contributed by atoms with Crippen molar-refractivity contribution in [1.82, 2.24) is 0 Å². The van der Waals surface area contributed by atoms with E-state index in [0.717, 1.165) is 11.1 Å². The first-order valence-corrected chi connectivity index (χ1v) is 3.77. The van der Waals surface area contributed by atoms with E-state index in [1.165, 1.54) is 0 Å². The molecule has 2 nitrogen and oxygen atoms in total. The highest BCUT2D eigenvalue weighted by Gasteiger charge is 2.00. The van der Waals surface area contributed by atoms with Gasteiger partial charge in [-0.05, 0) is 24.1 Å². The summed E-state index contributed by atoms with van der Waals surface area (Å²) in [6.07, 6.45) is 0. The van der Waals surface area contributed by atoms with E-state index in [0.29, 0.717) is 17.3 Å². The van der Waals surface area contributed by atoms with Crippen LogP contribution in [0.25, 0.3) is 0 Å². The molecular formula is C8H11ClN2. The predicted octanol–water partition coefficient (Wildman–Crippen LogP) is 1.69. The van der Waals surface area contributed by atoms with Gasteiger partial charge in [0, 0.05) is 6.54 Å². The number of nitrogen functional groups attached to an aromatic ring is 1. The molecule has 4 N–H and O–H groups in total. The first-order chi connectivity index (χ1) is 5.15. The highest BCUT2D eigenvalue weighted by atomic mass is 35.5. The van der Waals surface area contributed by atoms with Crippen LogP contribution in [-0.4, -0.2) is 0 Å². The maximum atomic E-state index is 5.82. The van der Waals surface area contributed by atoms with Crippen molar-refractivity contribution in [1.29, 1.82) is 0 Å². The SMILES string of the molecule is Cc1cc(CN)cc(Cl)c1N. The highest BCUT2D eigenvalue weighted by Crippen LogP contribution is 2.23. The number of anilines is 1. The maximum Gasteiger partial charge on any atom is 0.0641 e. The van der Waals surface area contributed by atoms with Gasteiger partial charge in [-0.3, -0.25) is 0 Å². The van der Waals surface area contributed by atoms with Crippen molar-refractivity contribution in [3.8, 4) is 0 Å². The Hall–Kier alpha value is -0.730. The Morgan fingerprint density at radius 3 is 2.55 bits per heavy atom. The van der Waals surface area contributed by atoms with Crippen molar-refractivity contribution >= 4 is 17.3 Å². The molecule has 11 heavy (non-hydrogen) atoms. The number of hydrogen-bond donors (Lipinski definition) is 2. The van der Waals surface area contributed by atoms with E-state index in [1.807, 2.05) is 13.0 Å². The summed E-state index contributed by atoms with van der Waals surface area (Å²) in [6.45, 7) is 2.42. The lowest BCUT2D eigenvalue weighted by Gasteiger charge is -2.04. The topological polar surface area (TPSA) is 52.0 Å². The van der Waals surface area contributed by atoms with Gasteiger partial charge in [0.2, 0.25) is 0 Å². The second kappa shape index (κ2) is 3.11. The molecule has 0 atom stereocenters. The van der Waals surface area contributed by atoms with Gasteiger partial charge in [0.05, 0.1) is 10.7 Å². The van der Waals surface area contributed by atoms with Crippen molar-refractivity contribution in [2.24, 2.45) is 5.73 Å². The molecule has 1 aromatic carbocycles. The Morgan fingerprint density at radius 1 is 1.45 bits per heavy atom. The number of aryl methyl sites for hydroxylation is 1. The molecule has 0 heterocycles. The van der Waals surface area contributed by atoms with Crippen LogP contribution in [0.1, 0.15) is 11.1 Å². The quantitative estimate of drug-likeness (QED) is 0.631. The maximum absolute atomic E-state index is 5.82. The molecule has 0 aliphatic heterocycles. The molecule has 0 unspecified atom stereocenters. The molecular weight excluding hydrogens is 160 g/mol. The van der Waals surface area contributed by atoms with Crippen LogP contribution in [0.2, 0.25) is 5.02 Å². The van der Waals surface area contributed by atoms with E-state index in [4.69, 9.17) is 23.1 Å². The van der Waals surface area contributed by atoms with Crippen LogP contribution in [0.3, 0.4) is 0 Å². The van der Waals surface area contributed by atoms with E-state index < -0.39 is 0 Å². The fraction of sp³-hybridized carbons (Fsp3) is 0.250. The van der Waals surface area contributed by atoms with Gasteiger partial charge in [0.1, 0.15) is 0 Å². The first kappa shape index (κ1) is 8.37. The van der Waals surface area contributed by atoms with Gasteiger partial charge < -0.3 is 11.5 Å². The summed E-state index contributed by atoms with van der Waals surface area (Å²) in [4.78, 5) is 0. The molecule has 0 spiro atoms. The number of benzene rings is 1. The minimum absolute atomic E-state index is 0.501. The Morgan fingerprint density at radius 2 is 2.09 bits per heavy atom. The van der Waals surface area contributed by atoms with Crippen LogP contribution in [-0.2, 0) is 6.54 Å². The third-order valence-electron chi connectivity index (χ3n) is 1.63. The largest absolute Gasteiger partial charge is 0.397 e. The smallest absolute Gasteiger partial charge is 0.0641 e. The molecule has 1 aromatic rings. The molecule has 0 saturated heterocycles. The molecule has 1 rings (SSSR count). The average molecular weight is 171 g/mol. The Labute approximate surface area is 71.1 Å². The van der Waals surface area contributed by atoms with E-state index in [9.17, 15) is 0 Å². The summed E-state index contributed by atoms with van der Waals surface area (Å²) in [5.41, 5.74) is 13.7. The first-order valence-electron chi connectivity index (χ1n) is 3.39. The van der Waals surface area contributed by atoms with Crippen LogP contribution in [0, 0.1) is 6.92 Å². The van der Waals surface area contributed by atoms with Gasteiger partial charge in [-0.25, -0.2) is 0 Å². The zero-order valence-electron chi connectivity index (χ0n) is 6.39. The average Bonchev–Trinajstić information content (AvgIpc) is 1.99. The summed E-state index contributed by atoms with van der Waals surface area (Å²) < 4.78 is 0. The highest BCUT2D eigenvalue weighted by molar-refractivity contribution is 6.33. The van der Waals surface area contributed by atoms with Gasteiger partial charge >= 0.3 is 0 Å². The molecule has 0 saturated carbocycles. The second-order valence-corrected chi connectivity index (χ2v) is 2.92. The minimum Gasteiger partial charge on any atom is -0.397 e. The molecule has 0 radical (unpaired) electrons. The van der Waals surface area contributed by atoms with Crippen molar-refractivity contribution in [3.05, 3.63) is 28.3 Å². The fourth-order valence-corrected chi connectivity index (χ4v) is 1.23. The van der Waals surface area contributed by atoms with E-state index in [2.05, 4.69) is 0 Å². The standard InChI is InChI=1S/C8H11ClN2/c1-5-2-6(4-10)3-7(9)8(5)11/h2-3H,4,10-11H2,1H3. The number of nitrogens with two attached hydrogens (primary N) is 2. The monoisotopic (exact) mass is 170 g/mol. The Balaban J connectivity index is 3.21. The van der Waals surface area contributed by atoms with E-state index in [1.54, 1.807) is 6.07 Å². The van der Waals surface area contributed by atoms with Crippen molar-refractivity contribution in [3.63, 3.8) is 0 Å². The molecule has 0 amide bonds. The minimum atomic E-state index is 0.501. The third-order valence-corrected chi connectivity index (χ3v) is 1.94. The summed E-state index contributed by atoms with van der Waals surface area (Å²) in [7, 11) is 0.